The van der Waals surface area contributed by atoms with Gasteiger partial charge in [-0.1, -0.05) is 13.0 Å². The van der Waals surface area contributed by atoms with Crippen LogP contribution in [0.15, 0.2) is 53.4 Å². The number of amides is 3. The third-order valence-corrected chi connectivity index (χ3v) is 4.88. The van der Waals surface area contributed by atoms with Crippen LogP contribution in [0.1, 0.15) is 30.6 Å². The highest BCUT2D eigenvalue weighted by Gasteiger charge is 2.15. The Bertz CT molecular complexity index is 969. The zero-order valence-corrected chi connectivity index (χ0v) is 15.6. The van der Waals surface area contributed by atoms with Crippen molar-refractivity contribution in [2.24, 2.45) is 0 Å². The van der Waals surface area contributed by atoms with Crippen LogP contribution in [0.25, 0.3) is 0 Å². The van der Waals surface area contributed by atoms with Crippen molar-refractivity contribution in [3.05, 3.63) is 54.1 Å². The lowest BCUT2D eigenvalue weighted by Crippen LogP contribution is -2.28. The number of sulfonamides is 1. The van der Waals surface area contributed by atoms with Gasteiger partial charge in [-0.25, -0.2) is 13.1 Å². The Hall–Kier alpha value is -3.20. The molecule has 0 unspecified atom stereocenters. The van der Waals surface area contributed by atoms with Crippen molar-refractivity contribution in [1.29, 1.82) is 0 Å². The van der Waals surface area contributed by atoms with Gasteiger partial charge in [-0.05, 0) is 42.5 Å². The van der Waals surface area contributed by atoms with Crippen molar-refractivity contribution in [2.45, 2.75) is 25.2 Å². The molecule has 8 nitrogen and oxygen atoms in total. The predicted octanol–water partition coefficient (Wildman–Crippen LogP) is 2.11. The lowest BCUT2D eigenvalue weighted by molar-refractivity contribution is -0.117. The molecule has 142 valence electrons. The number of hydrogen-bond donors (Lipinski definition) is 3. The molecule has 0 saturated heterocycles. The van der Waals surface area contributed by atoms with E-state index in [1.807, 2.05) is 4.72 Å². The smallest absolute Gasteiger partial charge is 0.264 e. The standard InChI is InChI=1S/C18H19N3O5S/c1-3-17(23)19-15-6-4-5-13(11-15)18(24)20-14-7-9-16(10-8-14)27(25,26)21-12(2)22/h4-11H,3H2,1-2H3,(H,19,23)(H,20,24)(H,21,22). The fourth-order valence-electron chi connectivity index (χ4n) is 2.16. The highest BCUT2D eigenvalue weighted by molar-refractivity contribution is 7.90. The number of carbonyl (C=O) groups is 3. The van der Waals surface area contributed by atoms with Crippen molar-refractivity contribution in [2.75, 3.05) is 10.6 Å². The molecule has 2 aromatic rings. The van der Waals surface area contributed by atoms with E-state index in [2.05, 4.69) is 10.6 Å². The molecular weight excluding hydrogens is 370 g/mol. The first-order chi connectivity index (χ1) is 12.7. The second-order valence-corrected chi connectivity index (χ2v) is 7.31. The van der Waals surface area contributed by atoms with Crippen LogP contribution in [0.2, 0.25) is 0 Å². The molecule has 0 radical (unpaired) electrons. The molecule has 9 heteroatoms. The van der Waals surface area contributed by atoms with E-state index in [-0.39, 0.29) is 10.8 Å². The van der Waals surface area contributed by atoms with Crippen molar-refractivity contribution >= 4 is 39.1 Å². The Kier molecular flexibility index (Phi) is 6.30. The summed E-state index contributed by atoms with van der Waals surface area (Å²) in [7, 11) is -3.93. The maximum Gasteiger partial charge on any atom is 0.264 e. The topological polar surface area (TPSA) is 121 Å². The average molecular weight is 389 g/mol. The molecule has 0 aliphatic rings. The molecule has 0 atom stereocenters. The molecule has 0 aromatic heterocycles. The molecule has 0 heterocycles. The van der Waals surface area contributed by atoms with E-state index in [0.29, 0.717) is 23.4 Å². The molecule has 0 spiro atoms. The molecule has 0 aliphatic heterocycles. The second-order valence-electron chi connectivity index (χ2n) is 5.62. The first kappa shape index (κ1) is 20.1. The van der Waals surface area contributed by atoms with Gasteiger partial charge in [-0.2, -0.15) is 0 Å². The lowest BCUT2D eigenvalue weighted by atomic mass is 10.1. The van der Waals surface area contributed by atoms with Crippen molar-refractivity contribution in [3.8, 4) is 0 Å². The van der Waals surface area contributed by atoms with Gasteiger partial charge in [-0.15, -0.1) is 0 Å². The van der Waals surface area contributed by atoms with Crippen molar-refractivity contribution in [1.82, 2.24) is 4.72 Å². The van der Waals surface area contributed by atoms with Crippen LogP contribution in [0, 0.1) is 0 Å². The van der Waals surface area contributed by atoms with Gasteiger partial charge in [0.05, 0.1) is 4.90 Å². The molecule has 0 aliphatic carbocycles. The maximum absolute atomic E-state index is 12.3. The van der Waals surface area contributed by atoms with Gasteiger partial charge in [0.15, 0.2) is 0 Å². The maximum atomic E-state index is 12.3. The van der Waals surface area contributed by atoms with Gasteiger partial charge in [-0.3, -0.25) is 14.4 Å². The summed E-state index contributed by atoms with van der Waals surface area (Å²) in [6, 6.07) is 11.8. The molecule has 0 fully saturated rings. The first-order valence-corrected chi connectivity index (χ1v) is 9.54. The zero-order chi connectivity index (χ0) is 20.0. The molecule has 3 N–H and O–H groups in total. The molecule has 2 aromatic carbocycles. The van der Waals surface area contributed by atoms with Crippen LogP contribution >= 0.6 is 0 Å². The second kappa shape index (κ2) is 8.45. The third-order valence-electron chi connectivity index (χ3n) is 3.43. The summed E-state index contributed by atoms with van der Waals surface area (Å²) < 4.78 is 25.6. The molecule has 0 bridgehead atoms. The number of benzene rings is 2. The van der Waals surface area contributed by atoms with E-state index in [9.17, 15) is 22.8 Å². The summed E-state index contributed by atoms with van der Waals surface area (Å²) in [6.45, 7) is 2.82. The Labute approximate surface area is 157 Å². The third kappa shape index (κ3) is 5.65. The molecule has 0 saturated carbocycles. The molecule has 3 amide bonds. The van der Waals surface area contributed by atoms with Crippen LogP contribution in [-0.2, 0) is 19.6 Å². The highest BCUT2D eigenvalue weighted by Crippen LogP contribution is 2.16. The summed E-state index contributed by atoms with van der Waals surface area (Å²) >= 11 is 0. The fourth-order valence-corrected chi connectivity index (χ4v) is 3.15. The summed E-state index contributed by atoms with van der Waals surface area (Å²) in [5.41, 5.74) is 1.22. The molecular formula is C18H19N3O5S. The van der Waals surface area contributed by atoms with E-state index in [1.54, 1.807) is 31.2 Å². The molecule has 27 heavy (non-hydrogen) atoms. The Morgan fingerprint density at radius 2 is 1.59 bits per heavy atom. The number of rotatable bonds is 6. The van der Waals surface area contributed by atoms with Gasteiger partial charge in [0, 0.05) is 30.3 Å². The monoisotopic (exact) mass is 389 g/mol. The van der Waals surface area contributed by atoms with E-state index in [1.165, 1.54) is 24.3 Å². The van der Waals surface area contributed by atoms with Crippen LogP contribution in [0.5, 0.6) is 0 Å². The van der Waals surface area contributed by atoms with Crippen molar-refractivity contribution < 1.29 is 22.8 Å². The van der Waals surface area contributed by atoms with Gasteiger partial charge >= 0.3 is 0 Å². The normalized spacial score (nSPS) is 10.7. The van der Waals surface area contributed by atoms with E-state index in [4.69, 9.17) is 0 Å². The number of carbonyl (C=O) groups excluding carboxylic acids is 3. The minimum Gasteiger partial charge on any atom is -0.326 e. The van der Waals surface area contributed by atoms with Gasteiger partial charge < -0.3 is 10.6 Å². The van der Waals surface area contributed by atoms with Crippen LogP contribution < -0.4 is 15.4 Å². The summed E-state index contributed by atoms with van der Waals surface area (Å²) in [5.74, 6) is -1.27. The van der Waals surface area contributed by atoms with Gasteiger partial charge in [0.1, 0.15) is 0 Å². The number of nitrogens with one attached hydrogen (secondary N) is 3. The number of hydrogen-bond acceptors (Lipinski definition) is 5. The van der Waals surface area contributed by atoms with Crippen molar-refractivity contribution in [3.63, 3.8) is 0 Å². The van der Waals surface area contributed by atoms with E-state index >= 15 is 0 Å². The zero-order valence-electron chi connectivity index (χ0n) is 14.8. The van der Waals surface area contributed by atoms with Crippen LogP contribution in [0.4, 0.5) is 11.4 Å². The first-order valence-electron chi connectivity index (χ1n) is 8.06. The van der Waals surface area contributed by atoms with Gasteiger partial charge in [0.2, 0.25) is 11.8 Å². The Balaban J connectivity index is 2.11. The summed E-state index contributed by atoms with van der Waals surface area (Å²) in [4.78, 5) is 34.6. The van der Waals surface area contributed by atoms with E-state index in [0.717, 1.165) is 6.92 Å². The summed E-state index contributed by atoms with van der Waals surface area (Å²) in [6.07, 6.45) is 0.324. The lowest BCUT2D eigenvalue weighted by Gasteiger charge is -2.09. The van der Waals surface area contributed by atoms with Crippen LogP contribution in [0.3, 0.4) is 0 Å². The predicted molar refractivity (Wildman–Crippen MR) is 101 cm³/mol. The fraction of sp³-hybridized carbons (Fsp3) is 0.167. The SMILES string of the molecule is CCC(=O)Nc1cccc(C(=O)Nc2ccc(S(=O)(=O)NC(C)=O)cc2)c1. The quantitative estimate of drug-likeness (QED) is 0.699. The highest BCUT2D eigenvalue weighted by atomic mass is 32.2. The van der Waals surface area contributed by atoms with E-state index < -0.39 is 21.8 Å². The van der Waals surface area contributed by atoms with Gasteiger partial charge in [0.25, 0.3) is 15.9 Å². The Morgan fingerprint density at radius 1 is 0.926 bits per heavy atom. The summed E-state index contributed by atoms with van der Waals surface area (Å²) in [5, 5.41) is 5.31. The molecule has 2 rings (SSSR count). The average Bonchev–Trinajstić information content (AvgIpc) is 2.61. The largest absolute Gasteiger partial charge is 0.326 e. The number of anilines is 2. The van der Waals surface area contributed by atoms with Crippen LogP contribution in [-0.4, -0.2) is 26.1 Å². The minimum absolute atomic E-state index is 0.0972. The Morgan fingerprint density at radius 3 is 2.19 bits per heavy atom. The minimum atomic E-state index is -3.93.